The van der Waals surface area contributed by atoms with E-state index >= 15 is 0 Å². The third-order valence-electron chi connectivity index (χ3n) is 1.21. The van der Waals surface area contributed by atoms with Crippen molar-refractivity contribution in [2.75, 3.05) is 20.2 Å². The molecule has 0 atom stereocenters. The smallest absolute Gasteiger partial charge is 0.356 e. The number of esters is 1. The Morgan fingerprint density at radius 2 is 2.31 bits per heavy atom. The molecule has 0 amide bonds. The second-order valence-electron chi connectivity index (χ2n) is 2.38. The van der Waals surface area contributed by atoms with Crippen molar-refractivity contribution < 1.29 is 9.53 Å². The Kier molecular flexibility index (Phi) is 5.54. The van der Waals surface area contributed by atoms with Gasteiger partial charge in [0.05, 0.1) is 6.61 Å². The van der Waals surface area contributed by atoms with Gasteiger partial charge < -0.3 is 15.8 Å². The van der Waals surface area contributed by atoms with Gasteiger partial charge in [0.1, 0.15) is 5.71 Å². The molecule has 0 aliphatic heterocycles. The Morgan fingerprint density at radius 3 is 2.77 bits per heavy atom. The summed E-state index contributed by atoms with van der Waals surface area (Å²) in [5, 5.41) is 10.0. The molecule has 0 rings (SSSR count). The van der Waals surface area contributed by atoms with Crippen LogP contribution in [-0.4, -0.2) is 31.9 Å². The Balaban J connectivity index is 4.12. The van der Waals surface area contributed by atoms with Gasteiger partial charge in [0.15, 0.2) is 0 Å². The SMILES string of the molecule is CCOC(=O)C(=N)C=C(N)CNC. The van der Waals surface area contributed by atoms with E-state index in [-0.39, 0.29) is 12.3 Å². The first kappa shape index (κ1) is 11.6. The first-order valence-electron chi connectivity index (χ1n) is 3.98. The van der Waals surface area contributed by atoms with Crippen LogP contribution in [0.25, 0.3) is 0 Å². The number of hydrogen-bond acceptors (Lipinski definition) is 5. The van der Waals surface area contributed by atoms with Crippen LogP contribution in [-0.2, 0) is 9.53 Å². The molecule has 13 heavy (non-hydrogen) atoms. The van der Waals surface area contributed by atoms with Crippen molar-refractivity contribution in [3.05, 3.63) is 11.8 Å². The largest absolute Gasteiger partial charge is 0.461 e. The van der Waals surface area contributed by atoms with Crippen molar-refractivity contribution in [1.82, 2.24) is 5.32 Å². The quantitative estimate of drug-likeness (QED) is 0.403. The zero-order valence-electron chi connectivity index (χ0n) is 7.89. The van der Waals surface area contributed by atoms with Crippen LogP contribution in [0.4, 0.5) is 0 Å². The topological polar surface area (TPSA) is 88.2 Å². The second kappa shape index (κ2) is 6.19. The summed E-state index contributed by atoms with van der Waals surface area (Å²) < 4.78 is 4.60. The van der Waals surface area contributed by atoms with E-state index in [2.05, 4.69) is 10.1 Å². The van der Waals surface area contributed by atoms with Gasteiger partial charge in [-0.05, 0) is 20.0 Å². The lowest BCUT2D eigenvalue weighted by atomic mass is 10.3. The first-order chi connectivity index (χ1) is 6.11. The molecule has 4 N–H and O–H groups in total. The molecule has 0 bridgehead atoms. The molecule has 5 nitrogen and oxygen atoms in total. The standard InChI is InChI=1S/C8H15N3O2/c1-3-13-8(12)7(10)4-6(9)5-11-2/h4,10-11H,3,5,9H2,1-2H3. The van der Waals surface area contributed by atoms with Gasteiger partial charge in [0, 0.05) is 12.2 Å². The molecule has 74 valence electrons. The van der Waals surface area contributed by atoms with E-state index in [1.54, 1.807) is 14.0 Å². The molecule has 0 spiro atoms. The molecule has 0 unspecified atom stereocenters. The van der Waals surface area contributed by atoms with Gasteiger partial charge in [-0.15, -0.1) is 0 Å². The minimum atomic E-state index is -0.651. The lowest BCUT2D eigenvalue weighted by Crippen LogP contribution is -2.20. The maximum atomic E-state index is 10.9. The lowest BCUT2D eigenvalue weighted by Gasteiger charge is -2.01. The van der Waals surface area contributed by atoms with Crippen LogP contribution in [0, 0.1) is 5.41 Å². The van der Waals surface area contributed by atoms with Crippen LogP contribution in [0.2, 0.25) is 0 Å². The number of nitrogens with one attached hydrogen (secondary N) is 2. The van der Waals surface area contributed by atoms with Crippen molar-refractivity contribution in [3.8, 4) is 0 Å². The summed E-state index contributed by atoms with van der Waals surface area (Å²) in [6, 6.07) is 0. The van der Waals surface area contributed by atoms with Crippen molar-refractivity contribution in [1.29, 1.82) is 5.41 Å². The fourth-order valence-electron chi connectivity index (χ4n) is 0.708. The summed E-state index contributed by atoms with van der Waals surface area (Å²) in [5.74, 6) is -0.651. The highest BCUT2D eigenvalue weighted by molar-refractivity contribution is 6.39. The summed E-state index contributed by atoms with van der Waals surface area (Å²) in [6.07, 6.45) is 1.29. The number of ether oxygens (including phenoxy) is 1. The Labute approximate surface area is 77.5 Å². The maximum absolute atomic E-state index is 10.9. The average molecular weight is 185 g/mol. The molecule has 0 fully saturated rings. The number of hydrogen-bond donors (Lipinski definition) is 3. The minimum absolute atomic E-state index is 0.227. The molecule has 0 aromatic heterocycles. The van der Waals surface area contributed by atoms with Gasteiger partial charge in [0.2, 0.25) is 0 Å². The summed E-state index contributed by atoms with van der Waals surface area (Å²) >= 11 is 0. The van der Waals surface area contributed by atoms with Crippen LogP contribution < -0.4 is 11.1 Å². The maximum Gasteiger partial charge on any atom is 0.356 e. The predicted molar refractivity (Wildman–Crippen MR) is 50.6 cm³/mol. The number of nitrogens with two attached hydrogens (primary N) is 1. The molecule has 0 radical (unpaired) electrons. The van der Waals surface area contributed by atoms with E-state index in [0.29, 0.717) is 12.2 Å². The lowest BCUT2D eigenvalue weighted by molar-refractivity contribution is -0.135. The molecule has 0 saturated heterocycles. The highest BCUT2D eigenvalue weighted by atomic mass is 16.5. The van der Waals surface area contributed by atoms with E-state index < -0.39 is 5.97 Å². The average Bonchev–Trinajstić information content (AvgIpc) is 2.05. The van der Waals surface area contributed by atoms with E-state index in [1.807, 2.05) is 0 Å². The summed E-state index contributed by atoms with van der Waals surface area (Å²) in [6.45, 7) is 2.40. The molecule has 0 aromatic rings. The fraction of sp³-hybridized carbons (Fsp3) is 0.500. The predicted octanol–water partition coefficient (Wildman–Crippen LogP) is -0.369. The van der Waals surface area contributed by atoms with Crippen molar-refractivity contribution in [2.24, 2.45) is 5.73 Å². The van der Waals surface area contributed by atoms with Crippen LogP contribution in [0.3, 0.4) is 0 Å². The minimum Gasteiger partial charge on any atom is -0.461 e. The normalized spacial score (nSPS) is 11.1. The molecule has 0 heterocycles. The number of rotatable bonds is 5. The van der Waals surface area contributed by atoms with Crippen LogP contribution in [0.5, 0.6) is 0 Å². The van der Waals surface area contributed by atoms with Gasteiger partial charge in [-0.1, -0.05) is 0 Å². The third-order valence-corrected chi connectivity index (χ3v) is 1.21. The highest BCUT2D eigenvalue weighted by Gasteiger charge is 2.06. The summed E-state index contributed by atoms with van der Waals surface area (Å²) in [7, 11) is 1.73. The summed E-state index contributed by atoms with van der Waals surface area (Å²) in [5.41, 5.74) is 5.67. The summed E-state index contributed by atoms with van der Waals surface area (Å²) in [4.78, 5) is 10.9. The molecule has 5 heteroatoms. The van der Waals surface area contributed by atoms with Crippen molar-refractivity contribution >= 4 is 11.7 Å². The van der Waals surface area contributed by atoms with Gasteiger partial charge >= 0.3 is 5.97 Å². The third kappa shape index (κ3) is 4.97. The van der Waals surface area contributed by atoms with E-state index in [4.69, 9.17) is 11.1 Å². The first-order valence-corrected chi connectivity index (χ1v) is 3.98. The second-order valence-corrected chi connectivity index (χ2v) is 2.38. The van der Waals surface area contributed by atoms with Gasteiger partial charge in [-0.25, -0.2) is 4.79 Å². The van der Waals surface area contributed by atoms with Gasteiger partial charge in [-0.3, -0.25) is 5.41 Å². The Bertz CT molecular complexity index is 223. The van der Waals surface area contributed by atoms with E-state index in [1.165, 1.54) is 6.08 Å². The number of carbonyl (C=O) groups excluding carboxylic acids is 1. The molecular weight excluding hydrogens is 170 g/mol. The molecule has 0 aliphatic carbocycles. The Morgan fingerprint density at radius 1 is 1.69 bits per heavy atom. The van der Waals surface area contributed by atoms with Crippen LogP contribution in [0.1, 0.15) is 6.92 Å². The molecule has 0 saturated carbocycles. The van der Waals surface area contributed by atoms with Gasteiger partial charge in [0.25, 0.3) is 0 Å². The number of likely N-dealkylation sites (N-methyl/N-ethyl adjacent to an activating group) is 1. The number of carbonyl (C=O) groups is 1. The highest BCUT2D eigenvalue weighted by Crippen LogP contribution is 1.88. The fourth-order valence-corrected chi connectivity index (χ4v) is 0.708. The zero-order valence-corrected chi connectivity index (χ0v) is 7.89. The van der Waals surface area contributed by atoms with Crippen molar-refractivity contribution in [3.63, 3.8) is 0 Å². The molecule has 0 aliphatic rings. The monoisotopic (exact) mass is 185 g/mol. The Hall–Kier alpha value is -1.36. The van der Waals surface area contributed by atoms with Crippen LogP contribution in [0.15, 0.2) is 11.8 Å². The van der Waals surface area contributed by atoms with E-state index in [0.717, 1.165) is 0 Å². The van der Waals surface area contributed by atoms with Crippen molar-refractivity contribution in [2.45, 2.75) is 6.92 Å². The zero-order chi connectivity index (χ0) is 10.3. The van der Waals surface area contributed by atoms with Gasteiger partial charge in [-0.2, -0.15) is 0 Å². The van der Waals surface area contributed by atoms with Crippen LogP contribution >= 0.6 is 0 Å². The van der Waals surface area contributed by atoms with E-state index in [9.17, 15) is 4.79 Å². The molecular formula is C8H15N3O2. The molecule has 0 aromatic carbocycles.